The molecular formula is C33H46ClN7O7S. The summed E-state index contributed by atoms with van der Waals surface area (Å²) >= 11 is 7.61. The molecule has 3 aromatic rings. The van der Waals surface area contributed by atoms with Gasteiger partial charge in [-0.05, 0) is 31.9 Å². The summed E-state index contributed by atoms with van der Waals surface area (Å²) in [6.45, 7) is 11.2. The van der Waals surface area contributed by atoms with Crippen LogP contribution in [0, 0.1) is 13.8 Å². The number of thiazole rings is 1. The van der Waals surface area contributed by atoms with Crippen molar-refractivity contribution in [1.82, 2.24) is 19.9 Å². The quantitative estimate of drug-likeness (QED) is 0.0936. The van der Waals surface area contributed by atoms with E-state index in [0.717, 1.165) is 48.3 Å². The molecule has 0 spiro atoms. The van der Waals surface area contributed by atoms with Gasteiger partial charge in [-0.2, -0.15) is 0 Å². The number of piperazine rings is 1. The van der Waals surface area contributed by atoms with Crippen molar-refractivity contribution < 1.29 is 33.4 Å². The van der Waals surface area contributed by atoms with E-state index in [9.17, 15) is 9.59 Å². The largest absolute Gasteiger partial charge is 0.464 e. The predicted octanol–water partition coefficient (Wildman–Crippen LogP) is 3.43. The molecule has 0 aliphatic carbocycles. The molecule has 268 valence electrons. The summed E-state index contributed by atoms with van der Waals surface area (Å²) in [5, 5.41) is 4.18. The third kappa shape index (κ3) is 13.5. The van der Waals surface area contributed by atoms with E-state index in [4.69, 9.17) is 36.4 Å². The van der Waals surface area contributed by atoms with Gasteiger partial charge in [0.15, 0.2) is 0 Å². The number of rotatable bonds is 21. The zero-order valence-corrected chi connectivity index (χ0v) is 29.7. The molecule has 1 fully saturated rings. The third-order valence-electron chi connectivity index (χ3n) is 7.57. The Kier molecular flexibility index (Phi) is 16.6. The van der Waals surface area contributed by atoms with E-state index in [1.54, 1.807) is 12.3 Å². The number of hydrogen-bond donors (Lipinski definition) is 2. The highest BCUT2D eigenvalue weighted by Gasteiger charge is 2.20. The molecule has 49 heavy (non-hydrogen) atoms. The number of carbonyl (C=O) groups excluding carboxylic acids is 2. The van der Waals surface area contributed by atoms with Crippen LogP contribution in [-0.4, -0.2) is 117 Å². The van der Waals surface area contributed by atoms with Crippen molar-refractivity contribution >= 4 is 46.3 Å². The average molecular weight is 720 g/mol. The second-order valence-electron chi connectivity index (χ2n) is 11.3. The maximum absolute atomic E-state index is 12.9. The number of esters is 1. The molecule has 2 aromatic heterocycles. The number of amides is 1. The van der Waals surface area contributed by atoms with Crippen LogP contribution in [0.25, 0.3) is 0 Å². The van der Waals surface area contributed by atoms with Crippen molar-refractivity contribution in [2.45, 2.75) is 33.1 Å². The van der Waals surface area contributed by atoms with Crippen LogP contribution in [0.3, 0.4) is 0 Å². The van der Waals surface area contributed by atoms with Crippen LogP contribution < -0.4 is 16.1 Å². The van der Waals surface area contributed by atoms with E-state index in [2.05, 4.69) is 34.9 Å². The Bertz CT molecular complexity index is 1450. The molecule has 1 aliphatic rings. The van der Waals surface area contributed by atoms with Gasteiger partial charge in [-0.1, -0.05) is 23.7 Å². The molecule has 1 saturated heterocycles. The van der Waals surface area contributed by atoms with Gasteiger partial charge in [0.25, 0.3) is 5.91 Å². The number of halogens is 1. The van der Waals surface area contributed by atoms with Gasteiger partial charge in [-0.3, -0.25) is 14.5 Å². The molecule has 1 amide bonds. The normalized spacial score (nSPS) is 13.5. The Hall–Kier alpha value is -3.28. The minimum Gasteiger partial charge on any atom is -0.464 e. The number of nitrogens with two attached hydrogens (primary N) is 1. The number of nitrogens with zero attached hydrogens (tertiary/aromatic N) is 5. The van der Waals surface area contributed by atoms with Crippen LogP contribution in [0.1, 0.15) is 44.6 Å². The number of anilines is 2. The highest BCUT2D eigenvalue weighted by Crippen LogP contribution is 2.27. The van der Waals surface area contributed by atoms with Crippen LogP contribution in [0.5, 0.6) is 0 Å². The lowest BCUT2D eigenvalue weighted by Crippen LogP contribution is -2.47. The molecule has 1 aliphatic heterocycles. The van der Waals surface area contributed by atoms with E-state index < -0.39 is 0 Å². The smallest absolute Gasteiger partial charge is 0.305 e. The van der Waals surface area contributed by atoms with Crippen molar-refractivity contribution in [1.29, 1.82) is 0 Å². The molecule has 16 heteroatoms. The molecule has 14 nitrogen and oxygen atoms in total. The zero-order chi connectivity index (χ0) is 34.8. The minimum atomic E-state index is -0.246. The summed E-state index contributed by atoms with van der Waals surface area (Å²) in [5.74, 6) is 6.00. The van der Waals surface area contributed by atoms with E-state index in [1.165, 1.54) is 11.3 Å². The maximum atomic E-state index is 12.9. The molecule has 0 bridgehead atoms. The van der Waals surface area contributed by atoms with E-state index in [1.807, 2.05) is 32.0 Å². The molecular weight excluding hydrogens is 674 g/mol. The van der Waals surface area contributed by atoms with Crippen LogP contribution in [-0.2, 0) is 35.0 Å². The summed E-state index contributed by atoms with van der Waals surface area (Å²) in [7, 11) is 0. The number of benzene rings is 1. The van der Waals surface area contributed by atoms with Gasteiger partial charge in [-0.25, -0.2) is 20.8 Å². The number of carbonyl (C=O) groups is 2. The van der Waals surface area contributed by atoms with Crippen molar-refractivity contribution in [2.24, 2.45) is 5.90 Å². The van der Waals surface area contributed by atoms with Crippen LogP contribution in [0.2, 0.25) is 5.02 Å². The lowest BCUT2D eigenvalue weighted by molar-refractivity contribution is -0.144. The predicted molar refractivity (Wildman–Crippen MR) is 187 cm³/mol. The highest BCUT2D eigenvalue weighted by molar-refractivity contribution is 7.13. The highest BCUT2D eigenvalue weighted by atomic mass is 35.5. The number of aromatic nitrogens is 3. The van der Waals surface area contributed by atoms with Gasteiger partial charge in [0.2, 0.25) is 0 Å². The second kappa shape index (κ2) is 21.1. The van der Waals surface area contributed by atoms with Gasteiger partial charge in [0.05, 0.1) is 67.2 Å². The average Bonchev–Trinajstić information content (AvgIpc) is 3.55. The molecule has 1 aromatic carbocycles. The molecule has 0 saturated carbocycles. The fourth-order valence-corrected chi connectivity index (χ4v) is 6.11. The Balaban J connectivity index is 1.10. The lowest BCUT2D eigenvalue weighted by atomic mass is 10.2. The molecule has 4 rings (SSSR count). The fraction of sp³-hybridized carbons (Fsp3) is 0.545. The Morgan fingerprint density at radius 3 is 2.39 bits per heavy atom. The number of para-hydroxylation sites is 1. The van der Waals surface area contributed by atoms with Crippen molar-refractivity contribution in [3.05, 3.63) is 62.5 Å². The molecule has 3 N–H and O–H groups in total. The Morgan fingerprint density at radius 1 is 0.959 bits per heavy atom. The molecule has 0 radical (unpaired) electrons. The summed E-state index contributed by atoms with van der Waals surface area (Å²) in [6.07, 6.45) is 3.00. The van der Waals surface area contributed by atoms with Crippen LogP contribution in [0.4, 0.5) is 11.5 Å². The summed E-state index contributed by atoms with van der Waals surface area (Å²) in [6, 6.07) is 7.48. The standard InChI is InChI=1S/C33H46ClN7O7S/c1-24-5-3-6-27(34)32(24)39-33(43)28-23-36-30(49-28)22-26-21-29(38-25(2)37-26)41-10-8-40(9-11-41)12-14-47-31(42)7-4-13-44-15-16-45-17-18-46-19-20-48-35/h3,5-6,21,23H,4,7-20,22,35H2,1-2H3,(H,39,43). The topological polar surface area (TPSA) is 163 Å². The van der Waals surface area contributed by atoms with Gasteiger partial charge >= 0.3 is 5.97 Å². The zero-order valence-electron chi connectivity index (χ0n) is 28.2. The fourth-order valence-electron chi connectivity index (χ4n) is 5.01. The Morgan fingerprint density at radius 2 is 1.67 bits per heavy atom. The molecule has 3 heterocycles. The van der Waals surface area contributed by atoms with Crippen LogP contribution >= 0.6 is 22.9 Å². The summed E-state index contributed by atoms with van der Waals surface area (Å²) < 4.78 is 21.6. The SMILES string of the molecule is Cc1nc(Cc2ncc(C(=O)Nc3c(C)cccc3Cl)s2)cc(N2CCN(CCOC(=O)CCCOCCOCCOCCON)CC2)n1. The van der Waals surface area contributed by atoms with Crippen molar-refractivity contribution in [3.63, 3.8) is 0 Å². The lowest BCUT2D eigenvalue weighted by Gasteiger charge is -2.35. The second-order valence-corrected chi connectivity index (χ2v) is 12.8. The molecule has 0 atom stereocenters. The minimum absolute atomic E-state index is 0.218. The molecule has 0 unspecified atom stereocenters. The first-order valence-corrected chi connectivity index (χ1v) is 17.6. The van der Waals surface area contributed by atoms with Crippen molar-refractivity contribution in [3.8, 4) is 0 Å². The number of nitrogens with one attached hydrogen (secondary N) is 1. The Labute approximate surface area is 296 Å². The van der Waals surface area contributed by atoms with E-state index >= 15 is 0 Å². The third-order valence-corrected chi connectivity index (χ3v) is 8.88. The maximum Gasteiger partial charge on any atom is 0.305 e. The van der Waals surface area contributed by atoms with Crippen molar-refractivity contribution in [2.75, 3.05) is 95.8 Å². The van der Waals surface area contributed by atoms with E-state index in [0.29, 0.717) is 100 Å². The van der Waals surface area contributed by atoms with E-state index in [-0.39, 0.29) is 11.9 Å². The first kappa shape index (κ1) is 38.5. The number of hydrogen-bond acceptors (Lipinski definition) is 14. The van der Waals surface area contributed by atoms with Gasteiger partial charge < -0.3 is 34.0 Å². The van der Waals surface area contributed by atoms with Gasteiger partial charge in [-0.15, -0.1) is 11.3 Å². The first-order valence-electron chi connectivity index (χ1n) is 16.4. The van der Waals surface area contributed by atoms with Gasteiger partial charge in [0, 0.05) is 58.2 Å². The van der Waals surface area contributed by atoms with Gasteiger partial charge in [0.1, 0.15) is 23.1 Å². The monoisotopic (exact) mass is 719 g/mol. The number of aryl methyl sites for hydroxylation is 2. The van der Waals surface area contributed by atoms with Crippen LogP contribution in [0.15, 0.2) is 30.5 Å². The summed E-state index contributed by atoms with van der Waals surface area (Å²) in [5.41, 5.74) is 2.33. The summed E-state index contributed by atoms with van der Waals surface area (Å²) in [4.78, 5) is 48.2. The first-order chi connectivity index (χ1) is 23.8. The number of ether oxygens (including phenoxy) is 4.